The van der Waals surface area contributed by atoms with E-state index >= 15 is 0 Å². The highest BCUT2D eigenvalue weighted by Crippen LogP contribution is 2.22. The standard InChI is InChI=1S/C7H15NO2S/c1-6-4-3-5-7(2)8(6)11(9)10/h6-7H,3-5H2,1-2H3,(H,9,10). The first-order valence-corrected chi connectivity index (χ1v) is 5.08. The van der Waals surface area contributed by atoms with E-state index in [9.17, 15) is 4.21 Å². The van der Waals surface area contributed by atoms with Gasteiger partial charge in [-0.1, -0.05) is 6.42 Å². The van der Waals surface area contributed by atoms with E-state index in [0.29, 0.717) is 0 Å². The number of nitrogens with zero attached hydrogens (tertiary/aromatic N) is 1. The van der Waals surface area contributed by atoms with Crippen molar-refractivity contribution in [3.63, 3.8) is 0 Å². The minimum Gasteiger partial charge on any atom is -0.294 e. The zero-order valence-corrected chi connectivity index (χ0v) is 7.80. The van der Waals surface area contributed by atoms with Gasteiger partial charge in [0.15, 0.2) is 0 Å². The van der Waals surface area contributed by atoms with Crippen LogP contribution in [-0.4, -0.2) is 25.2 Å². The van der Waals surface area contributed by atoms with Crippen LogP contribution in [0.25, 0.3) is 0 Å². The fraction of sp³-hybridized carbons (Fsp3) is 1.00. The van der Waals surface area contributed by atoms with Gasteiger partial charge in [-0.25, -0.2) is 4.21 Å². The molecule has 66 valence electrons. The smallest absolute Gasteiger partial charge is 0.235 e. The molecule has 4 heteroatoms. The van der Waals surface area contributed by atoms with Crippen molar-refractivity contribution >= 4 is 11.3 Å². The molecule has 1 saturated heterocycles. The molecule has 0 radical (unpaired) electrons. The molecular formula is C7H15NO2S. The van der Waals surface area contributed by atoms with Gasteiger partial charge in [0.25, 0.3) is 0 Å². The Morgan fingerprint density at radius 3 is 2.09 bits per heavy atom. The highest BCUT2D eigenvalue weighted by Gasteiger charge is 2.28. The summed E-state index contributed by atoms with van der Waals surface area (Å²) in [6.07, 6.45) is 3.25. The Hall–Kier alpha value is 0.0700. The van der Waals surface area contributed by atoms with Crippen LogP contribution in [0.5, 0.6) is 0 Å². The third kappa shape index (κ3) is 2.01. The molecule has 0 bridgehead atoms. The van der Waals surface area contributed by atoms with E-state index in [1.807, 2.05) is 13.8 Å². The van der Waals surface area contributed by atoms with Crippen molar-refractivity contribution in [1.29, 1.82) is 0 Å². The molecule has 1 aliphatic rings. The Bertz CT molecular complexity index is 153. The lowest BCUT2D eigenvalue weighted by molar-refractivity contribution is 0.201. The van der Waals surface area contributed by atoms with Gasteiger partial charge in [-0.2, -0.15) is 4.31 Å². The molecule has 1 fully saturated rings. The van der Waals surface area contributed by atoms with E-state index in [2.05, 4.69) is 0 Å². The molecule has 1 heterocycles. The average Bonchev–Trinajstić information content (AvgIpc) is 1.85. The van der Waals surface area contributed by atoms with Crippen LogP contribution in [0.1, 0.15) is 33.1 Å². The van der Waals surface area contributed by atoms with Crippen molar-refractivity contribution < 1.29 is 8.76 Å². The first-order valence-electron chi connectivity index (χ1n) is 4.02. The van der Waals surface area contributed by atoms with E-state index < -0.39 is 11.3 Å². The summed E-state index contributed by atoms with van der Waals surface area (Å²) in [6, 6.07) is 0.508. The topological polar surface area (TPSA) is 40.5 Å². The van der Waals surface area contributed by atoms with Crippen LogP contribution >= 0.6 is 0 Å². The zero-order valence-electron chi connectivity index (χ0n) is 6.99. The summed E-state index contributed by atoms with van der Waals surface area (Å²) in [7, 11) is 0. The monoisotopic (exact) mass is 177 g/mol. The molecule has 3 unspecified atom stereocenters. The third-order valence-electron chi connectivity index (χ3n) is 2.29. The molecule has 11 heavy (non-hydrogen) atoms. The van der Waals surface area contributed by atoms with Gasteiger partial charge in [-0.05, 0) is 26.7 Å². The first-order chi connectivity index (χ1) is 5.13. The Kier molecular flexibility index (Phi) is 3.04. The molecule has 0 aromatic carbocycles. The maximum Gasteiger partial charge on any atom is 0.235 e. The number of hydrogen-bond donors (Lipinski definition) is 1. The van der Waals surface area contributed by atoms with Crippen LogP contribution in [0.15, 0.2) is 0 Å². The quantitative estimate of drug-likeness (QED) is 0.615. The van der Waals surface area contributed by atoms with Gasteiger partial charge in [0, 0.05) is 12.1 Å². The van der Waals surface area contributed by atoms with Crippen molar-refractivity contribution in [2.75, 3.05) is 0 Å². The minimum atomic E-state index is -1.78. The minimum absolute atomic E-state index is 0.254. The molecule has 3 atom stereocenters. The van der Waals surface area contributed by atoms with Gasteiger partial charge in [-0.15, -0.1) is 0 Å². The summed E-state index contributed by atoms with van der Waals surface area (Å²) in [6.45, 7) is 4.01. The summed E-state index contributed by atoms with van der Waals surface area (Å²) in [5, 5.41) is 0. The lowest BCUT2D eigenvalue weighted by Gasteiger charge is -2.35. The van der Waals surface area contributed by atoms with Gasteiger partial charge >= 0.3 is 0 Å². The maximum absolute atomic E-state index is 10.8. The summed E-state index contributed by atoms with van der Waals surface area (Å²) < 4.78 is 21.4. The molecule has 0 aliphatic carbocycles. The molecule has 0 amide bonds. The summed E-state index contributed by atoms with van der Waals surface area (Å²) in [4.78, 5) is 0. The van der Waals surface area contributed by atoms with Crippen LogP contribution < -0.4 is 0 Å². The Balaban J connectivity index is 2.62. The van der Waals surface area contributed by atoms with E-state index in [-0.39, 0.29) is 12.1 Å². The lowest BCUT2D eigenvalue weighted by Crippen LogP contribution is -2.44. The predicted molar refractivity (Wildman–Crippen MR) is 45.4 cm³/mol. The Morgan fingerprint density at radius 2 is 1.82 bits per heavy atom. The lowest BCUT2D eigenvalue weighted by atomic mass is 10.0. The molecule has 0 aromatic rings. The normalized spacial score (nSPS) is 37.0. The molecule has 1 rings (SSSR count). The molecule has 3 nitrogen and oxygen atoms in total. The molecule has 1 aliphatic heterocycles. The van der Waals surface area contributed by atoms with Crippen LogP contribution in [0.3, 0.4) is 0 Å². The molecular weight excluding hydrogens is 162 g/mol. The van der Waals surface area contributed by atoms with Crippen molar-refractivity contribution in [3.8, 4) is 0 Å². The van der Waals surface area contributed by atoms with Gasteiger partial charge in [0.2, 0.25) is 11.3 Å². The van der Waals surface area contributed by atoms with Gasteiger partial charge in [-0.3, -0.25) is 4.55 Å². The fourth-order valence-electron chi connectivity index (χ4n) is 1.71. The second-order valence-corrected chi connectivity index (χ2v) is 4.10. The third-order valence-corrected chi connectivity index (χ3v) is 3.37. The second-order valence-electron chi connectivity index (χ2n) is 3.22. The maximum atomic E-state index is 10.8. The van der Waals surface area contributed by atoms with Crippen molar-refractivity contribution in [1.82, 2.24) is 4.31 Å². The van der Waals surface area contributed by atoms with Crippen LogP contribution in [0, 0.1) is 0 Å². The Labute approximate surface area is 70.2 Å². The van der Waals surface area contributed by atoms with Crippen molar-refractivity contribution in [3.05, 3.63) is 0 Å². The highest BCUT2D eigenvalue weighted by molar-refractivity contribution is 7.76. The van der Waals surface area contributed by atoms with E-state index in [0.717, 1.165) is 12.8 Å². The summed E-state index contributed by atoms with van der Waals surface area (Å²) in [5.41, 5.74) is 0. The number of rotatable bonds is 1. The highest BCUT2D eigenvalue weighted by atomic mass is 32.2. The summed E-state index contributed by atoms with van der Waals surface area (Å²) in [5.74, 6) is 0. The average molecular weight is 177 g/mol. The van der Waals surface area contributed by atoms with E-state index in [1.165, 1.54) is 6.42 Å². The second kappa shape index (κ2) is 3.65. The number of piperidine rings is 1. The number of hydrogen-bond acceptors (Lipinski definition) is 1. The van der Waals surface area contributed by atoms with Gasteiger partial charge in [0.1, 0.15) is 0 Å². The molecule has 0 spiro atoms. The van der Waals surface area contributed by atoms with Gasteiger partial charge in [0.05, 0.1) is 0 Å². The van der Waals surface area contributed by atoms with E-state index in [4.69, 9.17) is 4.55 Å². The fourth-order valence-corrected chi connectivity index (χ4v) is 2.53. The van der Waals surface area contributed by atoms with Crippen molar-refractivity contribution in [2.45, 2.75) is 45.2 Å². The van der Waals surface area contributed by atoms with Crippen LogP contribution in [0.2, 0.25) is 0 Å². The van der Waals surface area contributed by atoms with Crippen LogP contribution in [-0.2, 0) is 11.3 Å². The van der Waals surface area contributed by atoms with E-state index in [1.54, 1.807) is 4.31 Å². The SMILES string of the molecule is CC1CCCC(C)N1S(=O)O. The van der Waals surface area contributed by atoms with Crippen LogP contribution in [0.4, 0.5) is 0 Å². The molecule has 0 aromatic heterocycles. The predicted octanol–water partition coefficient (Wildman–Crippen LogP) is 1.39. The summed E-state index contributed by atoms with van der Waals surface area (Å²) >= 11 is -1.78. The first kappa shape index (κ1) is 9.16. The van der Waals surface area contributed by atoms with Crippen molar-refractivity contribution in [2.24, 2.45) is 0 Å². The Morgan fingerprint density at radius 1 is 1.36 bits per heavy atom. The van der Waals surface area contributed by atoms with Gasteiger partial charge < -0.3 is 0 Å². The molecule has 0 saturated carbocycles. The molecule has 1 N–H and O–H groups in total. The zero-order chi connectivity index (χ0) is 8.43. The largest absolute Gasteiger partial charge is 0.294 e.